The number of nitrogens with zero attached hydrogens (tertiary/aromatic N) is 3. The zero-order chi connectivity index (χ0) is 25.5. The lowest BCUT2D eigenvalue weighted by atomic mass is 10.1. The van der Waals surface area contributed by atoms with E-state index in [1.165, 1.54) is 43.6 Å². The monoisotopic (exact) mass is 499 g/mol. The van der Waals surface area contributed by atoms with E-state index in [4.69, 9.17) is 4.42 Å². The Morgan fingerprint density at radius 2 is 1.08 bits per heavy atom. The molecule has 39 heavy (non-hydrogen) atoms. The van der Waals surface area contributed by atoms with Gasteiger partial charge in [-0.05, 0) is 60.7 Å². The molecule has 9 aromatic rings. The number of furan rings is 1. The molecule has 9 rings (SSSR count). The standard InChI is InChI=1S/C35H21N3O/c1-4-12-28-25(10-1)34-30(37(28)22-15-18-33-27(20-22)24-9-3-6-14-32(24)39-33)16-17-31-35(34)26-11-2-5-13-29(26)38(31)23-8-7-19-36-21-23/h1-21H. The Labute approximate surface area is 222 Å². The summed E-state index contributed by atoms with van der Waals surface area (Å²) < 4.78 is 10.8. The first kappa shape index (κ1) is 20.7. The van der Waals surface area contributed by atoms with Gasteiger partial charge in [0.05, 0.1) is 34.0 Å². The maximum absolute atomic E-state index is 6.13. The molecule has 4 heteroatoms. The number of benzene rings is 5. The molecule has 0 N–H and O–H groups in total. The van der Waals surface area contributed by atoms with E-state index in [2.05, 4.69) is 111 Å². The summed E-state index contributed by atoms with van der Waals surface area (Å²) in [6.07, 6.45) is 3.76. The summed E-state index contributed by atoms with van der Waals surface area (Å²) >= 11 is 0. The minimum absolute atomic E-state index is 0.905. The highest BCUT2D eigenvalue weighted by Crippen LogP contribution is 2.42. The number of para-hydroxylation sites is 3. The fourth-order valence-electron chi connectivity index (χ4n) is 6.41. The van der Waals surface area contributed by atoms with Crippen LogP contribution in [0.3, 0.4) is 0 Å². The third-order valence-electron chi connectivity index (χ3n) is 7.99. The van der Waals surface area contributed by atoms with E-state index >= 15 is 0 Å². The first-order valence-corrected chi connectivity index (χ1v) is 13.1. The molecule has 0 unspecified atom stereocenters. The molecule has 182 valence electrons. The molecule has 0 aliphatic rings. The average molecular weight is 500 g/mol. The van der Waals surface area contributed by atoms with Crippen LogP contribution in [0.15, 0.2) is 132 Å². The van der Waals surface area contributed by atoms with Crippen LogP contribution < -0.4 is 0 Å². The second-order valence-electron chi connectivity index (χ2n) is 10.0. The fourth-order valence-corrected chi connectivity index (χ4v) is 6.41. The van der Waals surface area contributed by atoms with E-state index in [9.17, 15) is 0 Å². The van der Waals surface area contributed by atoms with Gasteiger partial charge in [-0.2, -0.15) is 0 Å². The maximum Gasteiger partial charge on any atom is 0.135 e. The predicted molar refractivity (Wildman–Crippen MR) is 160 cm³/mol. The molecule has 0 atom stereocenters. The van der Waals surface area contributed by atoms with Crippen molar-refractivity contribution in [2.24, 2.45) is 0 Å². The number of fused-ring (bicyclic) bond motifs is 10. The lowest BCUT2D eigenvalue weighted by Crippen LogP contribution is -1.95. The van der Waals surface area contributed by atoms with Gasteiger partial charge in [-0.25, -0.2) is 0 Å². The molecule has 0 amide bonds. The third-order valence-corrected chi connectivity index (χ3v) is 7.99. The van der Waals surface area contributed by atoms with Gasteiger partial charge in [0.1, 0.15) is 11.2 Å². The van der Waals surface area contributed by atoms with Crippen LogP contribution in [-0.2, 0) is 0 Å². The first-order chi connectivity index (χ1) is 19.4. The molecule has 0 aliphatic heterocycles. The number of hydrogen-bond acceptors (Lipinski definition) is 2. The van der Waals surface area contributed by atoms with Gasteiger partial charge in [-0.15, -0.1) is 0 Å². The van der Waals surface area contributed by atoms with Gasteiger partial charge < -0.3 is 13.6 Å². The first-order valence-electron chi connectivity index (χ1n) is 13.1. The van der Waals surface area contributed by atoms with Gasteiger partial charge in [-0.1, -0.05) is 54.6 Å². The summed E-state index contributed by atoms with van der Waals surface area (Å²) in [6.45, 7) is 0. The van der Waals surface area contributed by atoms with Gasteiger partial charge in [0, 0.05) is 44.2 Å². The van der Waals surface area contributed by atoms with Gasteiger partial charge in [0.2, 0.25) is 0 Å². The Hall–Kier alpha value is -5.35. The van der Waals surface area contributed by atoms with Crippen molar-refractivity contribution in [3.05, 3.63) is 128 Å². The Balaban J connectivity index is 1.45. The minimum atomic E-state index is 0.905. The molecular formula is C35H21N3O. The molecule has 4 heterocycles. The van der Waals surface area contributed by atoms with Crippen molar-refractivity contribution < 1.29 is 4.42 Å². The van der Waals surface area contributed by atoms with Gasteiger partial charge in [-0.3, -0.25) is 4.98 Å². The largest absolute Gasteiger partial charge is 0.456 e. The van der Waals surface area contributed by atoms with Crippen LogP contribution in [0.4, 0.5) is 0 Å². The maximum atomic E-state index is 6.13. The van der Waals surface area contributed by atoms with Crippen LogP contribution in [0.1, 0.15) is 0 Å². The zero-order valence-corrected chi connectivity index (χ0v) is 20.9. The number of hydrogen-bond donors (Lipinski definition) is 0. The van der Waals surface area contributed by atoms with Crippen LogP contribution in [0.5, 0.6) is 0 Å². The summed E-state index contributed by atoms with van der Waals surface area (Å²) in [5.41, 5.74) is 8.72. The second-order valence-corrected chi connectivity index (χ2v) is 10.0. The van der Waals surface area contributed by atoms with Gasteiger partial charge >= 0.3 is 0 Å². The summed E-state index contributed by atoms with van der Waals surface area (Å²) in [7, 11) is 0. The quantitative estimate of drug-likeness (QED) is 0.238. The van der Waals surface area contributed by atoms with Crippen LogP contribution >= 0.6 is 0 Å². The lowest BCUT2D eigenvalue weighted by Gasteiger charge is -2.09. The van der Waals surface area contributed by atoms with Crippen molar-refractivity contribution in [2.45, 2.75) is 0 Å². The second kappa shape index (κ2) is 7.59. The van der Waals surface area contributed by atoms with Crippen molar-refractivity contribution in [3.8, 4) is 11.4 Å². The summed E-state index contributed by atoms with van der Waals surface area (Å²) in [5.74, 6) is 0. The molecule has 0 spiro atoms. The Morgan fingerprint density at radius 1 is 0.462 bits per heavy atom. The molecule has 0 aliphatic carbocycles. The Bertz CT molecular complexity index is 2390. The molecule has 5 aromatic carbocycles. The van der Waals surface area contributed by atoms with Crippen LogP contribution in [0, 0.1) is 0 Å². The molecule has 4 aromatic heterocycles. The van der Waals surface area contributed by atoms with E-state index in [0.29, 0.717) is 0 Å². The molecular weight excluding hydrogens is 478 g/mol. The van der Waals surface area contributed by atoms with Crippen molar-refractivity contribution in [1.29, 1.82) is 0 Å². The van der Waals surface area contributed by atoms with E-state index in [-0.39, 0.29) is 0 Å². The summed E-state index contributed by atoms with van der Waals surface area (Å²) in [4.78, 5) is 4.42. The van der Waals surface area contributed by atoms with Crippen molar-refractivity contribution >= 4 is 65.6 Å². The molecule has 0 bridgehead atoms. The highest BCUT2D eigenvalue weighted by atomic mass is 16.3. The lowest BCUT2D eigenvalue weighted by molar-refractivity contribution is 0.669. The summed E-state index contributed by atoms with van der Waals surface area (Å²) in [5, 5.41) is 7.27. The number of aromatic nitrogens is 3. The summed E-state index contributed by atoms with van der Waals surface area (Å²) in [6, 6.07) is 40.8. The third kappa shape index (κ3) is 2.75. The Kier molecular flexibility index (Phi) is 4.02. The zero-order valence-electron chi connectivity index (χ0n) is 20.9. The van der Waals surface area contributed by atoms with Gasteiger partial charge in [0.15, 0.2) is 0 Å². The highest BCUT2D eigenvalue weighted by molar-refractivity contribution is 6.29. The Morgan fingerprint density at radius 3 is 1.77 bits per heavy atom. The normalized spacial score (nSPS) is 12.1. The smallest absolute Gasteiger partial charge is 0.135 e. The highest BCUT2D eigenvalue weighted by Gasteiger charge is 2.20. The molecule has 0 saturated heterocycles. The van der Waals surface area contributed by atoms with Crippen molar-refractivity contribution in [3.63, 3.8) is 0 Å². The van der Waals surface area contributed by atoms with Crippen LogP contribution in [0.2, 0.25) is 0 Å². The van der Waals surface area contributed by atoms with Gasteiger partial charge in [0.25, 0.3) is 0 Å². The van der Waals surface area contributed by atoms with E-state index in [1.54, 1.807) is 0 Å². The van der Waals surface area contributed by atoms with E-state index in [1.807, 2.05) is 30.6 Å². The SMILES string of the molecule is c1cncc(-n2c3ccccc3c3c4c5ccccc5n(-c5ccc6oc7ccccc7c6c5)c4ccc32)c1. The molecule has 4 nitrogen and oxygen atoms in total. The van der Waals surface area contributed by atoms with E-state index in [0.717, 1.165) is 33.3 Å². The minimum Gasteiger partial charge on any atom is -0.456 e. The average Bonchev–Trinajstić information content (AvgIpc) is 3.64. The number of pyridine rings is 1. The topological polar surface area (TPSA) is 35.9 Å². The molecule has 0 saturated carbocycles. The fraction of sp³-hybridized carbons (Fsp3) is 0. The van der Waals surface area contributed by atoms with Crippen LogP contribution in [-0.4, -0.2) is 14.1 Å². The number of rotatable bonds is 2. The molecule has 0 fully saturated rings. The molecule has 0 radical (unpaired) electrons. The van der Waals surface area contributed by atoms with Crippen LogP contribution in [0.25, 0.3) is 76.9 Å². The van der Waals surface area contributed by atoms with E-state index < -0.39 is 0 Å². The van der Waals surface area contributed by atoms with Crippen molar-refractivity contribution in [1.82, 2.24) is 14.1 Å². The predicted octanol–water partition coefficient (Wildman–Crippen LogP) is 9.18. The van der Waals surface area contributed by atoms with Crippen molar-refractivity contribution in [2.75, 3.05) is 0 Å².